The average molecular weight is 305 g/mol. The van der Waals surface area contributed by atoms with Gasteiger partial charge >= 0.3 is 0 Å². The minimum absolute atomic E-state index is 0.302. The number of hydrogen-bond donors (Lipinski definition) is 0. The Kier molecular flexibility index (Phi) is 4.20. The summed E-state index contributed by atoms with van der Waals surface area (Å²) in [5.74, 6) is 1.59. The summed E-state index contributed by atoms with van der Waals surface area (Å²) in [5.41, 5.74) is 0. The molecule has 0 amide bonds. The molecule has 1 aromatic heterocycles. The molecule has 1 saturated carbocycles. The minimum atomic E-state index is 0.302. The van der Waals surface area contributed by atoms with E-state index in [-0.39, 0.29) is 0 Å². The molecule has 2 aliphatic heterocycles. The van der Waals surface area contributed by atoms with Crippen LogP contribution >= 0.6 is 0 Å². The molecule has 1 aromatic rings. The van der Waals surface area contributed by atoms with Crippen molar-refractivity contribution in [2.75, 3.05) is 33.4 Å². The number of methoxy groups -OCH3 is 1. The highest BCUT2D eigenvalue weighted by Gasteiger charge is 2.44. The standard InChI is InChI=1S/C17H27N3O2/c1-21-17-10-14-12-19(15-3-7-22-8-4-15)11-13(14)9-16(17)20-6-2-5-18-20/h2,5-6,13-17H,3-4,7-12H2,1H3/t13-,14+,16-,17-/m0/s1. The van der Waals surface area contributed by atoms with E-state index < -0.39 is 0 Å². The summed E-state index contributed by atoms with van der Waals surface area (Å²) in [5, 5.41) is 4.47. The topological polar surface area (TPSA) is 39.5 Å². The van der Waals surface area contributed by atoms with Gasteiger partial charge in [-0.15, -0.1) is 0 Å². The third kappa shape index (κ3) is 2.70. The Balaban J connectivity index is 1.45. The summed E-state index contributed by atoms with van der Waals surface area (Å²) < 4.78 is 13.4. The first kappa shape index (κ1) is 14.7. The lowest BCUT2D eigenvalue weighted by Crippen LogP contribution is -2.38. The Labute approximate surface area is 132 Å². The lowest BCUT2D eigenvalue weighted by atomic mass is 9.77. The predicted molar refractivity (Wildman–Crippen MR) is 83.7 cm³/mol. The van der Waals surface area contributed by atoms with E-state index in [1.165, 1.54) is 38.8 Å². The first-order chi connectivity index (χ1) is 10.8. The highest BCUT2D eigenvalue weighted by molar-refractivity contribution is 4.98. The fourth-order valence-corrected chi connectivity index (χ4v) is 4.78. The molecule has 3 fully saturated rings. The van der Waals surface area contributed by atoms with Gasteiger partial charge < -0.3 is 9.47 Å². The molecule has 4 rings (SSSR count). The molecule has 22 heavy (non-hydrogen) atoms. The van der Waals surface area contributed by atoms with Crippen molar-refractivity contribution in [3.8, 4) is 0 Å². The van der Waals surface area contributed by atoms with Crippen molar-refractivity contribution in [1.29, 1.82) is 0 Å². The number of rotatable bonds is 3. The molecule has 122 valence electrons. The normalized spacial score (nSPS) is 37.3. The molecule has 1 aliphatic carbocycles. The molecule has 0 unspecified atom stereocenters. The summed E-state index contributed by atoms with van der Waals surface area (Å²) in [4.78, 5) is 2.73. The molecule has 0 aromatic carbocycles. The molecule has 3 heterocycles. The number of nitrogens with zero attached hydrogens (tertiary/aromatic N) is 3. The minimum Gasteiger partial charge on any atom is -0.381 e. The van der Waals surface area contributed by atoms with Crippen LogP contribution in [0.3, 0.4) is 0 Å². The second-order valence-electron chi connectivity index (χ2n) is 7.12. The highest BCUT2D eigenvalue weighted by Crippen LogP contribution is 2.43. The third-order valence-electron chi connectivity index (χ3n) is 5.99. The van der Waals surface area contributed by atoms with Gasteiger partial charge in [-0.2, -0.15) is 5.10 Å². The van der Waals surface area contributed by atoms with E-state index in [4.69, 9.17) is 9.47 Å². The largest absolute Gasteiger partial charge is 0.381 e. The van der Waals surface area contributed by atoms with E-state index in [9.17, 15) is 0 Å². The second-order valence-corrected chi connectivity index (χ2v) is 7.12. The zero-order valence-corrected chi connectivity index (χ0v) is 13.4. The fourth-order valence-electron chi connectivity index (χ4n) is 4.78. The van der Waals surface area contributed by atoms with Crippen molar-refractivity contribution in [1.82, 2.24) is 14.7 Å². The van der Waals surface area contributed by atoms with Crippen LogP contribution in [-0.4, -0.2) is 60.2 Å². The second kappa shape index (κ2) is 6.30. The summed E-state index contributed by atoms with van der Waals surface area (Å²) in [7, 11) is 1.85. The zero-order valence-electron chi connectivity index (χ0n) is 13.4. The van der Waals surface area contributed by atoms with Gasteiger partial charge in [-0.25, -0.2) is 0 Å². The van der Waals surface area contributed by atoms with Crippen LogP contribution in [0, 0.1) is 11.8 Å². The van der Waals surface area contributed by atoms with Crippen LogP contribution in [0.1, 0.15) is 31.7 Å². The van der Waals surface area contributed by atoms with Crippen LogP contribution in [0.5, 0.6) is 0 Å². The molecule has 0 spiro atoms. The van der Waals surface area contributed by atoms with Gasteiger partial charge in [0.1, 0.15) is 0 Å². The van der Waals surface area contributed by atoms with E-state index in [0.29, 0.717) is 12.1 Å². The molecule has 0 N–H and O–H groups in total. The van der Waals surface area contributed by atoms with Crippen molar-refractivity contribution in [2.24, 2.45) is 11.8 Å². The third-order valence-corrected chi connectivity index (χ3v) is 5.99. The number of fused-ring (bicyclic) bond motifs is 1. The maximum atomic E-state index is 5.82. The van der Waals surface area contributed by atoms with Crippen LogP contribution in [0.4, 0.5) is 0 Å². The van der Waals surface area contributed by atoms with Gasteiger partial charge in [-0.3, -0.25) is 9.58 Å². The number of likely N-dealkylation sites (tertiary alicyclic amines) is 1. The van der Waals surface area contributed by atoms with Crippen LogP contribution in [-0.2, 0) is 9.47 Å². The Morgan fingerprint density at radius 1 is 1.14 bits per heavy atom. The van der Waals surface area contributed by atoms with E-state index in [1.807, 2.05) is 19.4 Å². The average Bonchev–Trinajstić information content (AvgIpc) is 3.23. The molecule has 4 atom stereocenters. The van der Waals surface area contributed by atoms with E-state index in [0.717, 1.165) is 31.1 Å². The van der Waals surface area contributed by atoms with Gasteiger partial charge in [0.05, 0.1) is 12.1 Å². The monoisotopic (exact) mass is 305 g/mol. The first-order valence-electron chi connectivity index (χ1n) is 8.69. The maximum Gasteiger partial charge on any atom is 0.0798 e. The smallest absolute Gasteiger partial charge is 0.0798 e. The number of ether oxygens (including phenoxy) is 2. The van der Waals surface area contributed by atoms with Crippen molar-refractivity contribution >= 4 is 0 Å². The van der Waals surface area contributed by atoms with E-state index in [1.54, 1.807) is 0 Å². The summed E-state index contributed by atoms with van der Waals surface area (Å²) in [6.07, 6.45) is 9.04. The fraction of sp³-hybridized carbons (Fsp3) is 0.824. The summed E-state index contributed by atoms with van der Waals surface area (Å²) in [6.45, 7) is 4.38. The van der Waals surface area contributed by atoms with Crippen LogP contribution < -0.4 is 0 Å². The van der Waals surface area contributed by atoms with Crippen molar-refractivity contribution in [2.45, 2.75) is 43.9 Å². The SMILES string of the molecule is CO[C@H]1C[C@@H]2CN(C3CCOCC3)C[C@@H]2C[C@@H]1n1cccn1. The highest BCUT2D eigenvalue weighted by atomic mass is 16.5. The van der Waals surface area contributed by atoms with Gasteiger partial charge in [0.25, 0.3) is 0 Å². The first-order valence-corrected chi connectivity index (χ1v) is 8.69. The Bertz CT molecular complexity index is 472. The molecular formula is C17H27N3O2. The molecule has 5 heteroatoms. The van der Waals surface area contributed by atoms with Gasteiger partial charge in [0.15, 0.2) is 0 Å². The van der Waals surface area contributed by atoms with Crippen molar-refractivity contribution < 1.29 is 9.47 Å². The molecule has 5 nitrogen and oxygen atoms in total. The van der Waals surface area contributed by atoms with Crippen LogP contribution in [0.15, 0.2) is 18.5 Å². The predicted octanol–water partition coefficient (Wildman–Crippen LogP) is 1.96. The lowest BCUT2D eigenvalue weighted by Gasteiger charge is -2.37. The van der Waals surface area contributed by atoms with Crippen molar-refractivity contribution in [3.05, 3.63) is 18.5 Å². The Morgan fingerprint density at radius 2 is 1.91 bits per heavy atom. The number of hydrogen-bond acceptors (Lipinski definition) is 4. The van der Waals surface area contributed by atoms with Gasteiger partial charge in [0, 0.05) is 51.8 Å². The molecule has 3 aliphatic rings. The quantitative estimate of drug-likeness (QED) is 0.856. The molecule has 2 saturated heterocycles. The van der Waals surface area contributed by atoms with Crippen LogP contribution in [0.25, 0.3) is 0 Å². The molecular weight excluding hydrogens is 278 g/mol. The molecule has 0 bridgehead atoms. The van der Waals surface area contributed by atoms with Gasteiger partial charge in [-0.1, -0.05) is 0 Å². The van der Waals surface area contributed by atoms with Gasteiger partial charge in [-0.05, 0) is 43.6 Å². The maximum absolute atomic E-state index is 5.82. The summed E-state index contributed by atoms with van der Waals surface area (Å²) in [6, 6.07) is 3.15. The number of aromatic nitrogens is 2. The van der Waals surface area contributed by atoms with Gasteiger partial charge in [0.2, 0.25) is 0 Å². The Morgan fingerprint density at radius 3 is 2.59 bits per heavy atom. The van der Waals surface area contributed by atoms with Crippen molar-refractivity contribution in [3.63, 3.8) is 0 Å². The van der Waals surface area contributed by atoms with E-state index in [2.05, 4.69) is 20.9 Å². The Hall–Kier alpha value is -0.910. The van der Waals surface area contributed by atoms with E-state index >= 15 is 0 Å². The molecule has 0 radical (unpaired) electrons. The summed E-state index contributed by atoms with van der Waals surface area (Å²) >= 11 is 0. The lowest BCUT2D eigenvalue weighted by molar-refractivity contribution is -0.00493. The zero-order chi connectivity index (χ0) is 14.9. The van der Waals surface area contributed by atoms with Crippen LogP contribution in [0.2, 0.25) is 0 Å².